The number of nitrogens with zero attached hydrogens (tertiary/aromatic N) is 1. The quantitative estimate of drug-likeness (QED) is 0.542. The van der Waals surface area contributed by atoms with Gasteiger partial charge in [0.15, 0.2) is 0 Å². The second kappa shape index (κ2) is 4.37. The molecular formula is C6H3F6NO2. The third-order valence-electron chi connectivity index (χ3n) is 1.07. The van der Waals surface area contributed by atoms with Gasteiger partial charge in [-0.15, -0.1) is 0 Å². The maximum atomic E-state index is 11.7. The Morgan fingerprint density at radius 2 is 1.60 bits per heavy atom. The highest BCUT2D eigenvalue weighted by atomic mass is 19.4. The first-order chi connectivity index (χ1) is 6.59. The van der Waals surface area contributed by atoms with Crippen molar-refractivity contribution in [2.45, 2.75) is 24.9 Å². The monoisotopic (exact) mass is 235 g/mol. The zero-order valence-electron chi connectivity index (χ0n) is 6.82. The first-order valence-corrected chi connectivity index (χ1v) is 3.29. The Morgan fingerprint density at radius 3 is 1.87 bits per heavy atom. The molecule has 0 heterocycles. The molecule has 0 radical (unpaired) electrons. The largest absolute Gasteiger partial charge is 0.442 e. The van der Waals surface area contributed by atoms with Crippen LogP contribution < -0.4 is 0 Å². The number of hydrogen-bond donors (Lipinski definition) is 0. The fourth-order valence-corrected chi connectivity index (χ4v) is 0.557. The van der Waals surface area contributed by atoms with Crippen LogP contribution in [0.1, 0.15) is 6.42 Å². The van der Waals surface area contributed by atoms with E-state index in [0.29, 0.717) is 0 Å². The molecule has 0 atom stereocenters. The highest BCUT2D eigenvalue weighted by Gasteiger charge is 2.59. The van der Waals surface area contributed by atoms with Crippen molar-refractivity contribution in [1.82, 2.24) is 0 Å². The van der Waals surface area contributed by atoms with Crippen LogP contribution in [0.2, 0.25) is 0 Å². The first kappa shape index (κ1) is 13.5. The molecule has 0 aliphatic rings. The van der Waals surface area contributed by atoms with Gasteiger partial charge in [0.1, 0.15) is 6.42 Å². The smallest absolute Gasteiger partial charge is 0.434 e. The molecule has 0 spiro atoms. The minimum atomic E-state index is -5.75. The van der Waals surface area contributed by atoms with E-state index in [4.69, 9.17) is 5.26 Å². The Morgan fingerprint density at radius 1 is 1.20 bits per heavy atom. The average molecular weight is 235 g/mol. The maximum absolute atomic E-state index is 11.7. The number of ether oxygens (including phenoxy) is 1. The second-order valence-electron chi connectivity index (χ2n) is 2.29. The van der Waals surface area contributed by atoms with E-state index in [9.17, 15) is 31.1 Å². The van der Waals surface area contributed by atoms with Gasteiger partial charge in [-0.2, -0.15) is 31.6 Å². The van der Waals surface area contributed by atoms with Gasteiger partial charge in [0.05, 0.1) is 6.07 Å². The first-order valence-electron chi connectivity index (χ1n) is 3.29. The summed E-state index contributed by atoms with van der Waals surface area (Å²) in [6.07, 6.45) is -16.9. The van der Waals surface area contributed by atoms with Crippen molar-refractivity contribution in [3.05, 3.63) is 0 Å². The minimum Gasteiger partial charge on any atom is -0.442 e. The van der Waals surface area contributed by atoms with Gasteiger partial charge in [-0.1, -0.05) is 0 Å². The van der Waals surface area contributed by atoms with E-state index in [0.717, 1.165) is 6.07 Å². The predicted molar refractivity (Wildman–Crippen MR) is 32.2 cm³/mol. The number of carbonyl (C=O) groups is 1. The molecule has 0 amide bonds. The van der Waals surface area contributed by atoms with Gasteiger partial charge in [-0.25, -0.2) is 0 Å². The van der Waals surface area contributed by atoms with Gasteiger partial charge in [0.2, 0.25) is 0 Å². The highest BCUT2D eigenvalue weighted by Crippen LogP contribution is 2.35. The van der Waals surface area contributed by atoms with Crippen LogP contribution in [0.4, 0.5) is 26.3 Å². The molecule has 86 valence electrons. The fourth-order valence-electron chi connectivity index (χ4n) is 0.557. The number of rotatable bonds is 2. The third-order valence-corrected chi connectivity index (χ3v) is 1.07. The summed E-state index contributed by atoms with van der Waals surface area (Å²) in [6.45, 7) is 0. The van der Waals surface area contributed by atoms with Crippen LogP contribution in [0.3, 0.4) is 0 Å². The molecule has 0 aliphatic carbocycles. The topological polar surface area (TPSA) is 50.1 Å². The molecule has 0 saturated carbocycles. The van der Waals surface area contributed by atoms with Crippen LogP contribution in [-0.2, 0) is 9.53 Å². The number of carbonyl (C=O) groups excluding carboxylic acids is 1. The minimum absolute atomic E-state index is 1.07. The third kappa shape index (κ3) is 4.53. The standard InChI is InChI=1S/C6H3F6NO2/c7-5(8,9)4(6(10,11)12)15-3(14)1-2-13/h4H,1H2. The van der Waals surface area contributed by atoms with Crippen molar-refractivity contribution in [3.63, 3.8) is 0 Å². The number of hydrogen-bond acceptors (Lipinski definition) is 3. The Hall–Kier alpha value is -1.46. The summed E-state index contributed by atoms with van der Waals surface area (Å²) in [5, 5.41) is 7.84. The Bertz CT molecular complexity index is 261. The van der Waals surface area contributed by atoms with E-state index in [2.05, 4.69) is 4.74 Å². The molecular weight excluding hydrogens is 232 g/mol. The number of halogens is 6. The Labute approximate surface area is 79.2 Å². The van der Waals surface area contributed by atoms with E-state index in [1.165, 1.54) is 0 Å². The SMILES string of the molecule is N#CCC(=O)OC(C(F)(F)F)C(F)(F)F. The zero-order chi connectivity index (χ0) is 12.3. The van der Waals surface area contributed by atoms with Crippen LogP contribution >= 0.6 is 0 Å². The van der Waals surface area contributed by atoms with Crippen LogP contribution in [0.25, 0.3) is 0 Å². The van der Waals surface area contributed by atoms with Crippen LogP contribution in [-0.4, -0.2) is 24.4 Å². The lowest BCUT2D eigenvalue weighted by molar-refractivity contribution is -0.313. The van der Waals surface area contributed by atoms with Gasteiger partial charge in [0, 0.05) is 0 Å². The summed E-state index contributed by atoms with van der Waals surface area (Å²) in [5.74, 6) is -1.88. The molecule has 15 heavy (non-hydrogen) atoms. The Balaban J connectivity index is 4.71. The van der Waals surface area contributed by atoms with E-state index < -0.39 is 30.8 Å². The van der Waals surface area contributed by atoms with Crippen LogP contribution in [0, 0.1) is 11.3 Å². The Kier molecular flexibility index (Phi) is 3.95. The molecule has 0 N–H and O–H groups in total. The van der Waals surface area contributed by atoms with E-state index in [1.807, 2.05) is 0 Å². The molecule has 0 aliphatic heterocycles. The summed E-state index contributed by atoms with van der Waals surface area (Å²) >= 11 is 0. The molecule has 0 unspecified atom stereocenters. The molecule has 0 rings (SSSR count). The number of alkyl halides is 6. The van der Waals surface area contributed by atoms with Crippen LogP contribution in [0.15, 0.2) is 0 Å². The normalized spacial score (nSPS) is 12.4. The van der Waals surface area contributed by atoms with E-state index in [1.54, 1.807) is 0 Å². The molecule has 3 nitrogen and oxygen atoms in total. The van der Waals surface area contributed by atoms with Crippen LogP contribution in [0.5, 0.6) is 0 Å². The van der Waals surface area contributed by atoms with Crippen molar-refractivity contribution >= 4 is 5.97 Å². The van der Waals surface area contributed by atoms with E-state index in [-0.39, 0.29) is 0 Å². The molecule has 9 heteroatoms. The predicted octanol–water partition coefficient (Wildman–Crippen LogP) is 1.94. The molecule has 0 aromatic carbocycles. The van der Waals surface area contributed by atoms with Gasteiger partial charge >= 0.3 is 18.3 Å². The molecule has 0 aromatic heterocycles. The zero-order valence-corrected chi connectivity index (χ0v) is 6.82. The second-order valence-corrected chi connectivity index (χ2v) is 2.29. The lowest BCUT2D eigenvalue weighted by Gasteiger charge is -2.22. The van der Waals surface area contributed by atoms with E-state index >= 15 is 0 Å². The van der Waals surface area contributed by atoms with Gasteiger partial charge < -0.3 is 4.74 Å². The average Bonchev–Trinajstić information content (AvgIpc) is 1.96. The number of esters is 1. The van der Waals surface area contributed by atoms with Crippen molar-refractivity contribution < 1.29 is 35.9 Å². The maximum Gasteiger partial charge on any atom is 0.434 e. The van der Waals surface area contributed by atoms with Crippen molar-refractivity contribution in [1.29, 1.82) is 5.26 Å². The summed E-state index contributed by atoms with van der Waals surface area (Å²) < 4.78 is 73.5. The van der Waals surface area contributed by atoms with Gasteiger partial charge in [-0.05, 0) is 0 Å². The molecule has 0 fully saturated rings. The summed E-state index contributed by atoms with van der Waals surface area (Å²) in [7, 11) is 0. The molecule has 0 bridgehead atoms. The highest BCUT2D eigenvalue weighted by molar-refractivity contribution is 5.72. The lowest BCUT2D eigenvalue weighted by Crippen LogP contribution is -2.45. The van der Waals surface area contributed by atoms with Crippen molar-refractivity contribution in [2.24, 2.45) is 0 Å². The summed E-state index contributed by atoms with van der Waals surface area (Å²) in [6, 6.07) is 1.07. The summed E-state index contributed by atoms with van der Waals surface area (Å²) in [4.78, 5) is 10.3. The van der Waals surface area contributed by atoms with Crippen molar-refractivity contribution in [2.75, 3.05) is 0 Å². The van der Waals surface area contributed by atoms with Crippen molar-refractivity contribution in [3.8, 4) is 6.07 Å². The fraction of sp³-hybridized carbons (Fsp3) is 0.667. The van der Waals surface area contributed by atoms with Gasteiger partial charge in [0.25, 0.3) is 6.10 Å². The lowest BCUT2D eigenvalue weighted by atomic mass is 10.3. The summed E-state index contributed by atoms with van der Waals surface area (Å²) in [5.41, 5.74) is 0. The molecule has 0 saturated heterocycles. The number of nitriles is 1. The van der Waals surface area contributed by atoms with Gasteiger partial charge in [-0.3, -0.25) is 4.79 Å². The molecule has 0 aromatic rings.